The minimum absolute atomic E-state index is 0.295. The van der Waals surface area contributed by atoms with E-state index in [1.807, 2.05) is 43.3 Å². The van der Waals surface area contributed by atoms with Crippen molar-refractivity contribution in [3.8, 4) is 16.9 Å². The molecule has 2 aromatic rings. The van der Waals surface area contributed by atoms with Crippen LogP contribution in [0.4, 0.5) is 0 Å². The summed E-state index contributed by atoms with van der Waals surface area (Å²) in [6.07, 6.45) is 5.43. The first-order valence-corrected chi connectivity index (χ1v) is 10.6. The van der Waals surface area contributed by atoms with Crippen LogP contribution in [-0.4, -0.2) is 32.4 Å². The molecule has 2 aromatic carbocycles. The molecule has 0 fully saturated rings. The van der Waals surface area contributed by atoms with Crippen molar-refractivity contribution in [1.29, 1.82) is 0 Å². The van der Waals surface area contributed by atoms with Crippen LogP contribution in [0.5, 0.6) is 5.75 Å². The summed E-state index contributed by atoms with van der Waals surface area (Å²) in [6.45, 7) is 11.1. The highest BCUT2D eigenvalue weighted by Gasteiger charge is 2.07. The molecular weight excluding hydrogens is 392 g/mol. The Morgan fingerprint density at radius 3 is 2.10 bits per heavy atom. The summed E-state index contributed by atoms with van der Waals surface area (Å²) in [4.78, 5) is 22.2. The summed E-state index contributed by atoms with van der Waals surface area (Å²) in [5.41, 5.74) is 3.57. The molecule has 0 N–H and O–H groups in total. The minimum atomic E-state index is -0.295. The third kappa shape index (κ3) is 9.64. The number of hydrogen-bond acceptors (Lipinski definition) is 5. The molecule has 0 heterocycles. The van der Waals surface area contributed by atoms with E-state index < -0.39 is 0 Å². The number of hydrogen-bond donors (Lipinski definition) is 0. The lowest BCUT2D eigenvalue weighted by Crippen LogP contribution is -2.06. The average Bonchev–Trinajstić information content (AvgIpc) is 2.79. The molecule has 0 unspecified atom stereocenters. The highest BCUT2D eigenvalue weighted by Crippen LogP contribution is 2.23. The van der Waals surface area contributed by atoms with Gasteiger partial charge in [0.1, 0.15) is 19.0 Å². The molecule has 2 rings (SSSR count). The summed E-state index contributed by atoms with van der Waals surface area (Å²) in [5.74, 6) is 0.503. The molecular formula is C26H32O5. The molecule has 0 bridgehead atoms. The van der Waals surface area contributed by atoms with E-state index in [9.17, 15) is 4.79 Å². The number of rotatable bonds is 15. The van der Waals surface area contributed by atoms with Gasteiger partial charge in [-0.25, -0.2) is 14.6 Å². The van der Waals surface area contributed by atoms with E-state index in [1.165, 1.54) is 0 Å². The van der Waals surface area contributed by atoms with Crippen LogP contribution in [0.3, 0.4) is 0 Å². The zero-order chi connectivity index (χ0) is 22.3. The monoisotopic (exact) mass is 424 g/mol. The number of unbranched alkanes of at least 4 members (excludes halogenated alkanes) is 3. The van der Waals surface area contributed by atoms with Crippen LogP contribution in [0.15, 0.2) is 73.3 Å². The molecule has 5 heteroatoms. The Hall–Kier alpha value is -2.89. The maximum absolute atomic E-state index is 12.2. The second-order valence-electron chi connectivity index (χ2n) is 7.29. The van der Waals surface area contributed by atoms with Gasteiger partial charge < -0.3 is 9.47 Å². The van der Waals surface area contributed by atoms with Crippen LogP contribution < -0.4 is 4.74 Å². The highest BCUT2D eigenvalue weighted by molar-refractivity contribution is 5.90. The van der Waals surface area contributed by atoms with E-state index in [2.05, 4.69) is 13.2 Å². The highest BCUT2D eigenvalue weighted by atomic mass is 17.2. The third-order valence-electron chi connectivity index (χ3n) is 4.42. The Balaban J connectivity index is 1.64. The molecule has 0 aromatic heterocycles. The standard InChI is InChI=1S/C26H32O5/c1-4-17-28-25-15-13-23(14-16-25)22-9-11-24(12-10-22)26(27)29-18-7-5-6-8-19-30-31-20-21(2)3/h4,9-16H,1-2,5-8,17-20H2,3H3. The quantitative estimate of drug-likeness (QED) is 0.113. The largest absolute Gasteiger partial charge is 0.490 e. The van der Waals surface area contributed by atoms with Gasteiger partial charge in [0, 0.05) is 0 Å². The van der Waals surface area contributed by atoms with Crippen LogP contribution in [0.2, 0.25) is 0 Å². The maximum atomic E-state index is 12.2. The van der Waals surface area contributed by atoms with E-state index in [0.29, 0.717) is 32.0 Å². The summed E-state index contributed by atoms with van der Waals surface area (Å²) in [7, 11) is 0. The van der Waals surface area contributed by atoms with Crippen LogP contribution in [0.1, 0.15) is 43.0 Å². The molecule has 166 valence electrons. The van der Waals surface area contributed by atoms with Gasteiger partial charge in [-0.2, -0.15) is 0 Å². The Labute approximate surface area is 185 Å². The van der Waals surface area contributed by atoms with Gasteiger partial charge in [0.25, 0.3) is 0 Å². The second-order valence-corrected chi connectivity index (χ2v) is 7.29. The van der Waals surface area contributed by atoms with E-state index in [-0.39, 0.29) is 5.97 Å². The van der Waals surface area contributed by atoms with Crippen LogP contribution in [0.25, 0.3) is 11.1 Å². The number of esters is 1. The lowest BCUT2D eigenvalue weighted by atomic mass is 10.0. The first kappa shape index (κ1) is 24.4. The predicted octanol–water partition coefficient (Wildman–Crippen LogP) is 6.16. The van der Waals surface area contributed by atoms with E-state index in [1.54, 1.807) is 18.2 Å². The van der Waals surface area contributed by atoms with Gasteiger partial charge in [-0.3, -0.25) is 0 Å². The Morgan fingerprint density at radius 1 is 0.871 bits per heavy atom. The van der Waals surface area contributed by atoms with E-state index >= 15 is 0 Å². The van der Waals surface area contributed by atoms with Gasteiger partial charge in [0.05, 0.1) is 18.8 Å². The molecule has 0 aliphatic rings. The molecule has 0 aliphatic carbocycles. The van der Waals surface area contributed by atoms with Gasteiger partial charge in [-0.15, -0.1) is 0 Å². The predicted molar refractivity (Wildman–Crippen MR) is 123 cm³/mol. The number of benzene rings is 2. The second kappa shape index (κ2) is 14.2. The Kier molecular flexibility index (Phi) is 11.1. The van der Waals surface area contributed by atoms with Gasteiger partial charge in [-0.1, -0.05) is 55.5 Å². The Morgan fingerprint density at radius 2 is 1.48 bits per heavy atom. The smallest absolute Gasteiger partial charge is 0.338 e. The SMILES string of the molecule is C=CCOc1ccc(-c2ccc(C(=O)OCCCCCCOOCC(=C)C)cc2)cc1. The first-order valence-electron chi connectivity index (χ1n) is 10.6. The van der Waals surface area contributed by atoms with Crippen molar-refractivity contribution >= 4 is 5.97 Å². The molecule has 0 amide bonds. The van der Waals surface area contributed by atoms with E-state index in [4.69, 9.17) is 19.2 Å². The summed E-state index contributed by atoms with van der Waals surface area (Å²) in [6, 6.07) is 15.3. The number of carbonyl (C=O) groups is 1. The first-order chi connectivity index (χ1) is 15.1. The van der Waals surface area contributed by atoms with Crippen molar-refractivity contribution in [2.75, 3.05) is 26.4 Å². The minimum Gasteiger partial charge on any atom is -0.490 e. The Bertz CT molecular complexity index is 809. The van der Waals surface area contributed by atoms with Crippen LogP contribution in [0, 0.1) is 0 Å². The topological polar surface area (TPSA) is 54.0 Å². The lowest BCUT2D eigenvalue weighted by molar-refractivity contribution is -0.288. The number of carbonyl (C=O) groups excluding carboxylic acids is 1. The van der Waals surface area contributed by atoms with Crippen LogP contribution >= 0.6 is 0 Å². The molecule has 5 nitrogen and oxygen atoms in total. The number of ether oxygens (including phenoxy) is 2. The lowest BCUT2D eigenvalue weighted by Gasteiger charge is -2.08. The van der Waals surface area contributed by atoms with Crippen molar-refractivity contribution < 1.29 is 24.0 Å². The van der Waals surface area contributed by atoms with Crippen molar-refractivity contribution in [1.82, 2.24) is 0 Å². The van der Waals surface area contributed by atoms with Gasteiger partial charge >= 0.3 is 5.97 Å². The van der Waals surface area contributed by atoms with Gasteiger partial charge in [0.15, 0.2) is 0 Å². The zero-order valence-electron chi connectivity index (χ0n) is 18.3. The van der Waals surface area contributed by atoms with E-state index in [0.717, 1.165) is 48.1 Å². The molecule has 0 aliphatic heterocycles. The summed E-state index contributed by atoms with van der Waals surface area (Å²) < 4.78 is 10.9. The van der Waals surface area contributed by atoms with Crippen LogP contribution in [-0.2, 0) is 14.5 Å². The fourth-order valence-electron chi connectivity index (χ4n) is 2.76. The fraction of sp³-hybridized carbons (Fsp3) is 0.346. The summed E-state index contributed by atoms with van der Waals surface area (Å²) >= 11 is 0. The molecule has 0 spiro atoms. The molecule has 0 saturated carbocycles. The average molecular weight is 425 g/mol. The van der Waals surface area contributed by atoms with Crippen molar-refractivity contribution in [2.24, 2.45) is 0 Å². The van der Waals surface area contributed by atoms with Gasteiger partial charge in [0.2, 0.25) is 0 Å². The van der Waals surface area contributed by atoms with Gasteiger partial charge in [-0.05, 0) is 61.6 Å². The normalized spacial score (nSPS) is 10.5. The third-order valence-corrected chi connectivity index (χ3v) is 4.42. The zero-order valence-corrected chi connectivity index (χ0v) is 18.3. The maximum Gasteiger partial charge on any atom is 0.338 e. The fourth-order valence-corrected chi connectivity index (χ4v) is 2.76. The molecule has 0 saturated heterocycles. The molecule has 0 radical (unpaired) electrons. The van der Waals surface area contributed by atoms with Crippen molar-refractivity contribution in [2.45, 2.75) is 32.6 Å². The van der Waals surface area contributed by atoms with Crippen molar-refractivity contribution in [3.63, 3.8) is 0 Å². The summed E-state index contributed by atoms with van der Waals surface area (Å²) in [5, 5.41) is 0. The molecule has 31 heavy (non-hydrogen) atoms. The molecule has 0 atom stereocenters. The van der Waals surface area contributed by atoms with Crippen molar-refractivity contribution in [3.05, 3.63) is 78.9 Å².